The van der Waals surface area contributed by atoms with Gasteiger partial charge in [-0.1, -0.05) is 12.1 Å². The number of hydrazone groups is 1. The monoisotopic (exact) mass is 378 g/mol. The van der Waals surface area contributed by atoms with Gasteiger partial charge in [0.2, 0.25) is 5.88 Å². The first-order valence-electron chi connectivity index (χ1n) is 8.96. The van der Waals surface area contributed by atoms with Crippen LogP contribution in [0, 0.1) is 0 Å². The summed E-state index contributed by atoms with van der Waals surface area (Å²) in [6, 6.07) is 11.2. The van der Waals surface area contributed by atoms with E-state index in [1.165, 1.54) is 0 Å². The first-order chi connectivity index (χ1) is 13.7. The van der Waals surface area contributed by atoms with Crippen LogP contribution in [0.2, 0.25) is 0 Å². The van der Waals surface area contributed by atoms with Gasteiger partial charge in [0.1, 0.15) is 17.9 Å². The second kappa shape index (κ2) is 6.56. The Morgan fingerprint density at radius 1 is 1.18 bits per heavy atom. The third kappa shape index (κ3) is 2.74. The first-order valence-corrected chi connectivity index (χ1v) is 8.96. The molecule has 142 valence electrons. The fourth-order valence-electron chi connectivity index (χ4n) is 3.43. The van der Waals surface area contributed by atoms with Crippen LogP contribution in [0.25, 0.3) is 10.9 Å². The largest absolute Gasteiger partial charge is 0.494 e. The molecule has 0 fully saturated rings. The van der Waals surface area contributed by atoms with Gasteiger partial charge in [-0.2, -0.15) is 10.1 Å². The van der Waals surface area contributed by atoms with Gasteiger partial charge in [0.15, 0.2) is 23.4 Å². The SMILES string of the molecule is COc1cc(C2C=NNC2)cc2c(O)nc(C3COc4ccccc4O3)nc12. The second-order valence-electron chi connectivity index (χ2n) is 6.64. The van der Waals surface area contributed by atoms with Gasteiger partial charge in [0.05, 0.1) is 12.5 Å². The Labute approximate surface area is 160 Å². The van der Waals surface area contributed by atoms with Crippen molar-refractivity contribution < 1.29 is 19.3 Å². The fraction of sp³-hybridized carbons (Fsp3) is 0.250. The number of aromatic nitrogens is 2. The molecule has 28 heavy (non-hydrogen) atoms. The molecule has 0 saturated carbocycles. The summed E-state index contributed by atoms with van der Waals surface area (Å²) in [6.07, 6.45) is 1.30. The maximum atomic E-state index is 10.6. The Kier molecular flexibility index (Phi) is 3.89. The van der Waals surface area contributed by atoms with Crippen molar-refractivity contribution in [2.45, 2.75) is 12.0 Å². The van der Waals surface area contributed by atoms with Crippen molar-refractivity contribution in [3.63, 3.8) is 0 Å². The molecule has 2 aromatic carbocycles. The lowest BCUT2D eigenvalue weighted by Crippen LogP contribution is -2.23. The van der Waals surface area contributed by atoms with Gasteiger partial charge in [0, 0.05) is 18.7 Å². The Morgan fingerprint density at radius 2 is 2.04 bits per heavy atom. The summed E-state index contributed by atoms with van der Waals surface area (Å²) in [4.78, 5) is 8.90. The molecule has 0 saturated heterocycles. The summed E-state index contributed by atoms with van der Waals surface area (Å²) in [5.41, 5.74) is 4.43. The van der Waals surface area contributed by atoms with Gasteiger partial charge in [-0.3, -0.25) is 0 Å². The van der Waals surface area contributed by atoms with E-state index >= 15 is 0 Å². The molecule has 0 spiro atoms. The zero-order chi connectivity index (χ0) is 19.1. The van der Waals surface area contributed by atoms with Gasteiger partial charge in [0.25, 0.3) is 0 Å². The molecule has 2 N–H and O–H groups in total. The molecule has 8 heteroatoms. The van der Waals surface area contributed by atoms with E-state index in [1.54, 1.807) is 7.11 Å². The highest BCUT2D eigenvalue weighted by Gasteiger charge is 2.27. The third-order valence-corrected chi connectivity index (χ3v) is 4.89. The molecule has 8 nitrogen and oxygen atoms in total. The highest BCUT2D eigenvalue weighted by atomic mass is 16.6. The molecule has 3 aromatic rings. The van der Waals surface area contributed by atoms with Crippen LogP contribution >= 0.6 is 0 Å². The number of ether oxygens (including phenoxy) is 3. The summed E-state index contributed by atoms with van der Waals surface area (Å²) in [5, 5.41) is 15.2. The van der Waals surface area contributed by atoms with Crippen LogP contribution in [-0.4, -0.2) is 41.6 Å². The molecule has 0 radical (unpaired) electrons. The molecule has 2 atom stereocenters. The number of fused-ring (bicyclic) bond motifs is 2. The summed E-state index contributed by atoms with van der Waals surface area (Å²) in [7, 11) is 1.58. The molecule has 5 rings (SSSR count). The minimum atomic E-state index is -0.527. The van der Waals surface area contributed by atoms with Crippen molar-refractivity contribution in [3.05, 3.63) is 47.8 Å². The normalized spacial score (nSPS) is 20.2. The van der Waals surface area contributed by atoms with Gasteiger partial charge >= 0.3 is 0 Å². The zero-order valence-electron chi connectivity index (χ0n) is 15.1. The molecule has 0 amide bonds. The Morgan fingerprint density at radius 3 is 2.82 bits per heavy atom. The smallest absolute Gasteiger partial charge is 0.222 e. The number of hydrogen-bond donors (Lipinski definition) is 2. The summed E-state index contributed by atoms with van der Waals surface area (Å²) < 4.78 is 17.3. The number of nitrogens with zero attached hydrogens (tertiary/aromatic N) is 3. The summed E-state index contributed by atoms with van der Waals surface area (Å²) in [5.74, 6) is 2.18. The lowest BCUT2D eigenvalue weighted by molar-refractivity contribution is 0.0848. The molecule has 2 aliphatic heterocycles. The van der Waals surface area contributed by atoms with Crippen molar-refractivity contribution >= 4 is 17.1 Å². The number of rotatable bonds is 3. The fourth-order valence-corrected chi connectivity index (χ4v) is 3.43. The van der Waals surface area contributed by atoms with Crippen molar-refractivity contribution in [2.24, 2.45) is 5.10 Å². The van der Waals surface area contributed by atoms with Gasteiger partial charge in [-0.25, -0.2) is 4.98 Å². The molecule has 0 bridgehead atoms. The Balaban J connectivity index is 1.57. The van der Waals surface area contributed by atoms with E-state index in [0.717, 1.165) is 5.56 Å². The van der Waals surface area contributed by atoms with Crippen LogP contribution in [0.1, 0.15) is 23.4 Å². The van der Waals surface area contributed by atoms with E-state index in [9.17, 15) is 5.11 Å². The zero-order valence-corrected chi connectivity index (χ0v) is 15.1. The number of para-hydroxylation sites is 2. The molecule has 2 unspecified atom stereocenters. The molecular formula is C20H18N4O4. The topological polar surface area (TPSA) is 98.1 Å². The average Bonchev–Trinajstić information content (AvgIpc) is 3.27. The highest BCUT2D eigenvalue weighted by molar-refractivity contribution is 5.90. The van der Waals surface area contributed by atoms with E-state index in [1.807, 2.05) is 42.6 Å². The third-order valence-electron chi connectivity index (χ3n) is 4.89. The van der Waals surface area contributed by atoms with Gasteiger partial charge in [-0.05, 0) is 29.8 Å². The predicted octanol–water partition coefficient (Wildman–Crippen LogP) is 2.53. The van der Waals surface area contributed by atoms with Crippen LogP contribution in [0.4, 0.5) is 0 Å². The number of aromatic hydroxyl groups is 1. The van der Waals surface area contributed by atoms with Crippen LogP contribution in [-0.2, 0) is 0 Å². The number of methoxy groups -OCH3 is 1. The van der Waals surface area contributed by atoms with E-state index in [0.29, 0.717) is 40.5 Å². The number of benzene rings is 2. The first kappa shape index (κ1) is 16.6. The van der Waals surface area contributed by atoms with E-state index < -0.39 is 6.10 Å². The lowest BCUT2D eigenvalue weighted by Gasteiger charge is -2.25. The standard InChI is InChI=1S/C20H18N4O4/c1-26-16-7-11(12-8-21-22-9-12)6-13-18(16)23-19(24-20(13)25)17-10-27-14-4-2-3-5-15(14)28-17/h2-8,12,17,22H,9-10H2,1H3,(H,23,24,25). The number of hydrogen-bond acceptors (Lipinski definition) is 8. The maximum Gasteiger partial charge on any atom is 0.222 e. The Bertz CT molecular complexity index is 1090. The quantitative estimate of drug-likeness (QED) is 0.723. The van der Waals surface area contributed by atoms with Gasteiger partial charge in [-0.15, -0.1) is 0 Å². The van der Waals surface area contributed by atoms with E-state index in [2.05, 4.69) is 20.5 Å². The highest BCUT2D eigenvalue weighted by Crippen LogP contribution is 2.38. The van der Waals surface area contributed by atoms with Crippen LogP contribution in [0.15, 0.2) is 41.5 Å². The van der Waals surface area contributed by atoms with Crippen molar-refractivity contribution in [3.8, 4) is 23.1 Å². The summed E-state index contributed by atoms with van der Waals surface area (Å²) >= 11 is 0. The van der Waals surface area contributed by atoms with Crippen molar-refractivity contribution in [1.29, 1.82) is 0 Å². The van der Waals surface area contributed by atoms with E-state index in [4.69, 9.17) is 14.2 Å². The maximum absolute atomic E-state index is 10.6. The van der Waals surface area contributed by atoms with Crippen LogP contribution in [0.5, 0.6) is 23.1 Å². The molecule has 0 aliphatic carbocycles. The Hall–Kier alpha value is -3.55. The van der Waals surface area contributed by atoms with Crippen LogP contribution in [0.3, 0.4) is 0 Å². The predicted molar refractivity (Wildman–Crippen MR) is 102 cm³/mol. The minimum absolute atomic E-state index is 0.101. The van der Waals surface area contributed by atoms with Crippen molar-refractivity contribution in [2.75, 3.05) is 20.3 Å². The van der Waals surface area contributed by atoms with Crippen LogP contribution < -0.4 is 19.6 Å². The molecule has 2 aliphatic rings. The molecule has 3 heterocycles. The number of nitrogens with one attached hydrogen (secondary N) is 1. The lowest BCUT2D eigenvalue weighted by atomic mass is 9.98. The summed E-state index contributed by atoms with van der Waals surface area (Å²) in [6.45, 7) is 0.952. The van der Waals surface area contributed by atoms with Crippen molar-refractivity contribution in [1.82, 2.24) is 15.4 Å². The van der Waals surface area contributed by atoms with Gasteiger partial charge < -0.3 is 24.7 Å². The minimum Gasteiger partial charge on any atom is -0.494 e. The van der Waals surface area contributed by atoms with E-state index in [-0.39, 0.29) is 18.4 Å². The molecular weight excluding hydrogens is 360 g/mol. The second-order valence-corrected chi connectivity index (χ2v) is 6.64. The average molecular weight is 378 g/mol. The molecule has 1 aromatic heterocycles.